The molecule has 2 aromatic carbocycles. The van der Waals surface area contributed by atoms with Gasteiger partial charge in [0.05, 0.1) is 12.5 Å². The molecule has 10 heteroatoms. The number of amides is 1. The molecule has 0 bridgehead atoms. The van der Waals surface area contributed by atoms with Crippen molar-refractivity contribution in [3.63, 3.8) is 0 Å². The van der Waals surface area contributed by atoms with Crippen LogP contribution in [0.3, 0.4) is 0 Å². The number of anilines is 1. The van der Waals surface area contributed by atoms with Crippen LogP contribution in [0.4, 0.5) is 10.1 Å². The van der Waals surface area contributed by atoms with Crippen molar-refractivity contribution in [1.82, 2.24) is 9.47 Å². The van der Waals surface area contributed by atoms with Crippen LogP contribution in [0, 0.1) is 18.7 Å². The largest absolute Gasteiger partial charge is 0.481 e. The molecule has 1 saturated heterocycles. The number of hydrogen-bond donors (Lipinski definition) is 1. The number of nitrogens with zero attached hydrogens (tertiary/aromatic N) is 3. The van der Waals surface area contributed by atoms with E-state index < -0.39 is 23.8 Å². The van der Waals surface area contributed by atoms with Crippen molar-refractivity contribution in [2.75, 3.05) is 24.8 Å². The minimum atomic E-state index is -0.959. The average molecular weight is 620 g/mol. The van der Waals surface area contributed by atoms with Gasteiger partial charge in [-0.15, -0.1) is 0 Å². The number of carbonyl (C=O) groups is 2. The van der Waals surface area contributed by atoms with Crippen molar-refractivity contribution in [3.05, 3.63) is 88.1 Å². The van der Waals surface area contributed by atoms with E-state index in [4.69, 9.17) is 9.47 Å². The zero-order valence-corrected chi connectivity index (χ0v) is 26.2. The zero-order valence-electron chi connectivity index (χ0n) is 26.2. The fraction of sp³-hybridized carbons (Fsp3) is 0.457. The van der Waals surface area contributed by atoms with Gasteiger partial charge in [-0.1, -0.05) is 38.8 Å². The highest BCUT2D eigenvalue weighted by Gasteiger charge is 2.47. The van der Waals surface area contributed by atoms with Crippen LogP contribution in [0.1, 0.15) is 63.0 Å². The number of carbonyl (C=O) groups excluding carboxylic acids is 1. The number of aryl methyl sites for hydroxylation is 2. The Morgan fingerprint density at radius 3 is 2.49 bits per heavy atom. The Morgan fingerprint density at radius 2 is 1.80 bits per heavy atom. The minimum Gasteiger partial charge on any atom is -0.481 e. The number of hydrogen-bond acceptors (Lipinski definition) is 6. The molecule has 1 aromatic heterocycles. The predicted molar refractivity (Wildman–Crippen MR) is 169 cm³/mol. The van der Waals surface area contributed by atoms with Crippen LogP contribution in [-0.4, -0.2) is 58.4 Å². The van der Waals surface area contributed by atoms with Gasteiger partial charge in [-0.25, -0.2) is 4.39 Å². The van der Waals surface area contributed by atoms with E-state index in [2.05, 4.69) is 13.8 Å². The van der Waals surface area contributed by atoms with Gasteiger partial charge in [0, 0.05) is 49.0 Å². The minimum absolute atomic E-state index is 0.0143. The molecule has 5 rings (SSSR count). The molecule has 3 aromatic rings. The molecule has 0 spiro atoms. The number of aliphatic carboxylic acids is 1. The highest BCUT2D eigenvalue weighted by atomic mass is 19.1. The third-order valence-corrected chi connectivity index (χ3v) is 9.06. The Morgan fingerprint density at radius 1 is 1.04 bits per heavy atom. The molecular weight excluding hydrogens is 577 g/mol. The first-order chi connectivity index (χ1) is 21.7. The maximum absolute atomic E-state index is 14.4. The van der Waals surface area contributed by atoms with Gasteiger partial charge < -0.3 is 24.0 Å². The number of fused-ring (bicyclic) bond motifs is 1. The molecule has 240 valence electrons. The second kappa shape index (κ2) is 14.3. The van der Waals surface area contributed by atoms with E-state index >= 15 is 0 Å². The first-order valence-corrected chi connectivity index (χ1v) is 15.8. The molecule has 0 unspecified atom stereocenters. The number of aromatic nitrogens is 1. The fourth-order valence-electron chi connectivity index (χ4n) is 6.91. The number of rotatable bonds is 13. The number of ether oxygens (including phenoxy) is 2. The highest BCUT2D eigenvalue weighted by Crippen LogP contribution is 2.43. The summed E-state index contributed by atoms with van der Waals surface area (Å²) in [5.74, 6) is -1.53. The summed E-state index contributed by atoms with van der Waals surface area (Å²) in [6.07, 6.45) is 5.37. The summed E-state index contributed by atoms with van der Waals surface area (Å²) in [6.45, 7) is 6.58. The molecule has 3 heterocycles. The molecule has 0 saturated carbocycles. The molecule has 45 heavy (non-hydrogen) atoms. The van der Waals surface area contributed by atoms with E-state index in [-0.39, 0.29) is 36.7 Å². The second-order valence-corrected chi connectivity index (χ2v) is 12.0. The number of carboxylic acid groups (broad SMARTS) is 1. The molecule has 3 atom stereocenters. The van der Waals surface area contributed by atoms with E-state index in [0.717, 1.165) is 31.2 Å². The van der Waals surface area contributed by atoms with Crippen molar-refractivity contribution in [1.29, 1.82) is 0 Å². The van der Waals surface area contributed by atoms with Gasteiger partial charge in [0.15, 0.2) is 11.5 Å². The Kier molecular flexibility index (Phi) is 10.2. The van der Waals surface area contributed by atoms with E-state index in [1.165, 1.54) is 12.1 Å². The van der Waals surface area contributed by atoms with Gasteiger partial charge in [0.2, 0.25) is 18.3 Å². The number of likely N-dealkylation sites (tertiary alicyclic amines) is 1. The van der Waals surface area contributed by atoms with Crippen molar-refractivity contribution in [3.8, 4) is 11.5 Å². The van der Waals surface area contributed by atoms with Gasteiger partial charge in [0.1, 0.15) is 5.82 Å². The maximum atomic E-state index is 14.4. The first-order valence-electron chi connectivity index (χ1n) is 15.8. The summed E-state index contributed by atoms with van der Waals surface area (Å²) in [5, 5.41) is 10.6. The summed E-state index contributed by atoms with van der Waals surface area (Å²) in [7, 11) is 0. The SMILES string of the molecule is CCCC(CCC)N(C(=O)CN1C[C@H](c2ccc3c(c2)OCO3)[C@@H](C(=O)O)[C@@H]1CCn1ccccc1=O)c1ccc(F)c(C)c1. The van der Waals surface area contributed by atoms with Crippen LogP contribution in [-0.2, 0) is 16.1 Å². The van der Waals surface area contributed by atoms with Crippen molar-refractivity contribution in [2.24, 2.45) is 5.92 Å². The average Bonchev–Trinajstić information content (AvgIpc) is 3.63. The number of halogens is 1. The van der Waals surface area contributed by atoms with E-state index in [1.54, 1.807) is 52.9 Å². The van der Waals surface area contributed by atoms with Gasteiger partial charge in [-0.3, -0.25) is 19.3 Å². The standard InChI is InChI=1S/C35H42FN3O6/c1-4-8-25(9-5-2)39(26-12-13-28(36)23(3)18-26)33(41)21-38-20-27(24-11-14-30-31(19-24)45-22-44-30)34(35(42)43)29(38)15-17-37-16-7-6-10-32(37)40/h6-7,10-14,16,18-19,25,27,29,34H,4-5,8-9,15,17,20-22H2,1-3H3,(H,42,43)/t27-,29+,34-/m1/s1. The fourth-order valence-corrected chi connectivity index (χ4v) is 6.91. The molecule has 9 nitrogen and oxygen atoms in total. The number of pyridine rings is 1. The Bertz CT molecular complexity index is 1570. The lowest BCUT2D eigenvalue weighted by atomic mass is 9.84. The number of carboxylic acids is 1. The Hall–Kier alpha value is -4.18. The lowest BCUT2D eigenvalue weighted by molar-refractivity contribution is -0.143. The third kappa shape index (κ3) is 7.06. The molecule has 0 radical (unpaired) electrons. The van der Waals surface area contributed by atoms with Crippen molar-refractivity contribution >= 4 is 17.6 Å². The quantitative estimate of drug-likeness (QED) is 0.266. The first kappa shape index (κ1) is 32.2. The van der Waals surface area contributed by atoms with Crippen molar-refractivity contribution in [2.45, 2.75) is 77.4 Å². The lowest BCUT2D eigenvalue weighted by Gasteiger charge is -2.35. The Balaban J connectivity index is 1.50. The summed E-state index contributed by atoms with van der Waals surface area (Å²) in [6, 6.07) is 14.6. The van der Waals surface area contributed by atoms with Crippen LogP contribution in [0.5, 0.6) is 11.5 Å². The number of benzene rings is 2. The van der Waals surface area contributed by atoms with Gasteiger partial charge in [0.25, 0.3) is 0 Å². The second-order valence-electron chi connectivity index (χ2n) is 12.0. The Labute approximate surface area is 263 Å². The molecule has 2 aliphatic rings. The van der Waals surface area contributed by atoms with Crippen LogP contribution in [0.15, 0.2) is 65.6 Å². The highest BCUT2D eigenvalue weighted by molar-refractivity contribution is 5.95. The predicted octanol–water partition coefficient (Wildman–Crippen LogP) is 5.59. The topological polar surface area (TPSA) is 101 Å². The normalized spacial score (nSPS) is 19.3. The zero-order chi connectivity index (χ0) is 32.1. The van der Waals surface area contributed by atoms with Gasteiger partial charge >= 0.3 is 5.97 Å². The molecule has 0 aliphatic carbocycles. The molecular formula is C35H42FN3O6. The van der Waals surface area contributed by atoms with Crippen LogP contribution in [0.2, 0.25) is 0 Å². The summed E-state index contributed by atoms with van der Waals surface area (Å²) < 4.78 is 26.9. The van der Waals surface area contributed by atoms with Crippen molar-refractivity contribution < 1.29 is 28.6 Å². The summed E-state index contributed by atoms with van der Waals surface area (Å²) in [5.41, 5.74) is 1.72. The van der Waals surface area contributed by atoms with E-state index in [1.807, 2.05) is 17.0 Å². The van der Waals surface area contributed by atoms with Gasteiger partial charge in [-0.2, -0.15) is 0 Å². The monoisotopic (exact) mass is 619 g/mol. The van der Waals surface area contributed by atoms with E-state index in [0.29, 0.717) is 42.3 Å². The summed E-state index contributed by atoms with van der Waals surface area (Å²) in [4.78, 5) is 43.6. The maximum Gasteiger partial charge on any atom is 0.308 e. The van der Waals surface area contributed by atoms with Crippen LogP contribution in [0.25, 0.3) is 0 Å². The third-order valence-electron chi connectivity index (χ3n) is 9.06. The molecule has 2 aliphatic heterocycles. The molecule has 1 fully saturated rings. The summed E-state index contributed by atoms with van der Waals surface area (Å²) >= 11 is 0. The van der Waals surface area contributed by atoms with Crippen LogP contribution >= 0.6 is 0 Å². The molecule has 1 N–H and O–H groups in total. The van der Waals surface area contributed by atoms with Crippen LogP contribution < -0.4 is 19.9 Å². The smallest absolute Gasteiger partial charge is 0.308 e. The lowest BCUT2D eigenvalue weighted by Crippen LogP contribution is -2.48. The molecule has 1 amide bonds. The van der Waals surface area contributed by atoms with Gasteiger partial charge in [-0.05, 0) is 73.7 Å². The van der Waals surface area contributed by atoms with E-state index in [9.17, 15) is 23.9 Å².